The fourth-order valence-electron chi connectivity index (χ4n) is 8.16. The van der Waals surface area contributed by atoms with E-state index < -0.39 is 21.2 Å². The number of anilines is 1. The zero-order valence-corrected chi connectivity index (χ0v) is 27.6. The largest absolute Gasteiger partial charge is 0.490 e. The topological polar surface area (TPSA) is 95.9 Å². The number of ether oxygens (including phenoxy) is 1. The number of fused-ring (bicyclic) bond motifs is 4. The van der Waals surface area contributed by atoms with Crippen LogP contribution in [0.5, 0.6) is 5.75 Å². The molecule has 2 aliphatic carbocycles. The standard InChI is InChI=1S/C35H45ClN2O5S/c1-4-34(21-39)15-5-7-23(2)24(3)44(41,42)37-33(40)26-10-14-32-31(18-26)38(19-27-9-12-30(27)34)20-35(22-43-32)16-6-8-25-17-28(36)11-13-29(25)35/h5,10-11,13-15,17-18,23-24,27,30,39H,4,6-9,12,16,19-22H2,1-3H3,(H,37,40)/b15-5-/t23-,24+,27-,30+,34+,35-/m0/s1. The van der Waals surface area contributed by atoms with Crippen LogP contribution in [0.4, 0.5) is 5.69 Å². The molecule has 2 aromatic rings. The van der Waals surface area contributed by atoms with Gasteiger partial charge >= 0.3 is 0 Å². The molecular weight excluding hydrogens is 596 g/mol. The van der Waals surface area contributed by atoms with Crippen LogP contribution < -0.4 is 14.4 Å². The Morgan fingerprint density at radius 2 is 1.98 bits per heavy atom. The third kappa shape index (κ3) is 5.56. The Labute approximate surface area is 267 Å². The monoisotopic (exact) mass is 640 g/mol. The van der Waals surface area contributed by atoms with Gasteiger partial charge in [-0.1, -0.05) is 43.7 Å². The fourth-order valence-corrected chi connectivity index (χ4v) is 9.64. The predicted molar refractivity (Wildman–Crippen MR) is 175 cm³/mol. The van der Waals surface area contributed by atoms with Gasteiger partial charge in [0.2, 0.25) is 10.0 Å². The van der Waals surface area contributed by atoms with E-state index in [1.54, 1.807) is 19.1 Å². The highest BCUT2D eigenvalue weighted by molar-refractivity contribution is 7.90. The molecular formula is C35H45ClN2O5S. The maximum absolute atomic E-state index is 13.4. The summed E-state index contributed by atoms with van der Waals surface area (Å²) in [5.74, 6) is 0.508. The molecule has 6 rings (SSSR count). The number of sulfonamides is 1. The van der Waals surface area contributed by atoms with Crippen LogP contribution in [-0.2, 0) is 21.9 Å². The molecule has 0 aromatic heterocycles. The first kappa shape index (κ1) is 31.4. The number of hydrogen-bond acceptors (Lipinski definition) is 6. The number of aliphatic hydroxyl groups is 1. The second kappa shape index (κ2) is 12.0. The first-order valence-electron chi connectivity index (χ1n) is 16.2. The number of aliphatic hydroxyl groups excluding tert-OH is 1. The summed E-state index contributed by atoms with van der Waals surface area (Å²) < 4.78 is 35.6. The van der Waals surface area contributed by atoms with Crippen molar-refractivity contribution in [1.82, 2.24) is 4.72 Å². The summed E-state index contributed by atoms with van der Waals surface area (Å²) in [5, 5.41) is 10.8. The van der Waals surface area contributed by atoms with Gasteiger partial charge in [0.1, 0.15) is 5.75 Å². The molecule has 7 nitrogen and oxygen atoms in total. The van der Waals surface area contributed by atoms with Crippen molar-refractivity contribution in [3.63, 3.8) is 0 Å². The van der Waals surface area contributed by atoms with Crippen LogP contribution in [0.1, 0.15) is 80.8 Å². The van der Waals surface area contributed by atoms with E-state index in [0.717, 1.165) is 55.8 Å². The van der Waals surface area contributed by atoms with E-state index in [-0.39, 0.29) is 23.4 Å². The van der Waals surface area contributed by atoms with Crippen molar-refractivity contribution in [3.05, 3.63) is 70.3 Å². The number of nitrogens with zero attached hydrogens (tertiary/aromatic N) is 1. The molecule has 2 bridgehead atoms. The number of nitrogens with one attached hydrogen (secondary N) is 1. The van der Waals surface area contributed by atoms with Gasteiger partial charge in [-0.15, -0.1) is 0 Å². The Bertz CT molecular complexity index is 1550. The minimum absolute atomic E-state index is 0.0569. The number of carbonyl (C=O) groups is 1. The molecule has 9 heteroatoms. The number of carbonyl (C=O) groups excluding carboxylic acids is 1. The van der Waals surface area contributed by atoms with Gasteiger partial charge in [-0.2, -0.15) is 0 Å². The molecule has 2 aromatic carbocycles. The Morgan fingerprint density at radius 1 is 1.16 bits per heavy atom. The maximum Gasteiger partial charge on any atom is 0.264 e. The van der Waals surface area contributed by atoms with Crippen molar-refractivity contribution >= 4 is 33.2 Å². The van der Waals surface area contributed by atoms with Gasteiger partial charge in [-0.25, -0.2) is 13.1 Å². The lowest BCUT2D eigenvalue weighted by atomic mass is 9.58. The Kier molecular flexibility index (Phi) is 8.57. The second-order valence-corrected chi connectivity index (χ2v) is 16.2. The summed E-state index contributed by atoms with van der Waals surface area (Å²) in [6.45, 7) is 7.72. The molecule has 1 fully saturated rings. The van der Waals surface area contributed by atoms with Crippen molar-refractivity contribution in [2.45, 2.75) is 76.4 Å². The molecule has 2 heterocycles. The predicted octanol–water partition coefficient (Wildman–Crippen LogP) is 6.27. The van der Waals surface area contributed by atoms with Crippen LogP contribution >= 0.6 is 11.6 Å². The molecule has 1 spiro atoms. The zero-order valence-electron chi connectivity index (χ0n) is 26.0. The average Bonchev–Trinajstić information content (AvgIpc) is 3.14. The lowest BCUT2D eigenvalue weighted by molar-refractivity contribution is 0.00785. The fraction of sp³-hybridized carbons (Fsp3) is 0.571. The van der Waals surface area contributed by atoms with Crippen molar-refractivity contribution in [2.24, 2.45) is 23.2 Å². The van der Waals surface area contributed by atoms with Crippen molar-refractivity contribution in [1.29, 1.82) is 0 Å². The van der Waals surface area contributed by atoms with E-state index >= 15 is 0 Å². The van der Waals surface area contributed by atoms with Crippen molar-refractivity contribution in [2.75, 3.05) is 31.2 Å². The molecule has 2 N–H and O–H groups in total. The third-order valence-electron chi connectivity index (χ3n) is 11.3. The van der Waals surface area contributed by atoms with Crippen LogP contribution in [0.15, 0.2) is 48.6 Å². The van der Waals surface area contributed by atoms with Crippen LogP contribution in [0.2, 0.25) is 5.02 Å². The summed E-state index contributed by atoms with van der Waals surface area (Å²) in [5.41, 5.74) is 3.02. The van der Waals surface area contributed by atoms with Gasteiger partial charge in [0.25, 0.3) is 5.91 Å². The first-order chi connectivity index (χ1) is 21.0. The summed E-state index contributed by atoms with van der Waals surface area (Å²) in [4.78, 5) is 15.8. The highest BCUT2D eigenvalue weighted by Gasteiger charge is 2.48. The number of aryl methyl sites for hydroxylation is 1. The summed E-state index contributed by atoms with van der Waals surface area (Å²) in [6.07, 6.45) is 10.7. The van der Waals surface area contributed by atoms with Gasteiger partial charge in [0.05, 0.1) is 24.2 Å². The van der Waals surface area contributed by atoms with E-state index in [2.05, 4.69) is 40.8 Å². The SMILES string of the molecule is CC[C@]1(CO)/C=C\C[C@H](C)[C@@H](C)S(=O)(=O)NC(=O)c2ccc3c(c2)N(C[C@@H]2CC[C@H]21)C[C@@]1(CCCc2cc(Cl)ccc21)CO3. The molecule has 2 aliphatic heterocycles. The normalized spacial score (nSPS) is 34.0. The van der Waals surface area contributed by atoms with E-state index in [1.807, 2.05) is 19.1 Å². The minimum Gasteiger partial charge on any atom is -0.490 e. The minimum atomic E-state index is -3.92. The molecule has 4 aliphatic rings. The Hall–Kier alpha value is -2.55. The van der Waals surface area contributed by atoms with E-state index in [4.69, 9.17) is 16.3 Å². The summed E-state index contributed by atoms with van der Waals surface area (Å²) in [6, 6.07) is 11.5. The maximum atomic E-state index is 13.4. The number of hydrogen-bond donors (Lipinski definition) is 2. The van der Waals surface area contributed by atoms with Crippen LogP contribution in [0.25, 0.3) is 0 Å². The van der Waals surface area contributed by atoms with Crippen molar-refractivity contribution in [3.8, 4) is 5.75 Å². The third-order valence-corrected chi connectivity index (χ3v) is 13.5. The van der Waals surface area contributed by atoms with Gasteiger partial charge in [0, 0.05) is 34.5 Å². The number of benzene rings is 2. The molecule has 1 amide bonds. The number of halogens is 1. The number of rotatable bonds is 2. The smallest absolute Gasteiger partial charge is 0.264 e. The molecule has 1 saturated carbocycles. The first-order valence-corrected chi connectivity index (χ1v) is 18.1. The highest BCUT2D eigenvalue weighted by Crippen LogP contribution is 2.51. The molecule has 6 atom stereocenters. The van der Waals surface area contributed by atoms with Crippen LogP contribution in [0, 0.1) is 23.2 Å². The summed E-state index contributed by atoms with van der Waals surface area (Å²) in [7, 11) is -3.92. The second-order valence-electron chi connectivity index (χ2n) is 13.8. The molecule has 0 saturated heterocycles. The number of amides is 1. The lowest BCUT2D eigenvalue weighted by Crippen LogP contribution is -2.51. The zero-order chi connectivity index (χ0) is 31.3. The molecule has 44 heavy (non-hydrogen) atoms. The van der Waals surface area contributed by atoms with Gasteiger partial charge in [-0.05, 0) is 111 Å². The lowest BCUT2D eigenvalue weighted by Gasteiger charge is -2.50. The number of allylic oxidation sites excluding steroid dienone is 1. The van der Waals surface area contributed by atoms with E-state index in [0.29, 0.717) is 42.7 Å². The van der Waals surface area contributed by atoms with Crippen LogP contribution in [0.3, 0.4) is 0 Å². The quantitative estimate of drug-likeness (QED) is 0.376. The van der Waals surface area contributed by atoms with Crippen molar-refractivity contribution < 1.29 is 23.1 Å². The van der Waals surface area contributed by atoms with E-state index in [1.165, 1.54) is 11.1 Å². The molecule has 0 radical (unpaired) electrons. The van der Waals surface area contributed by atoms with Gasteiger partial charge in [0.15, 0.2) is 0 Å². The molecule has 238 valence electrons. The molecule has 0 unspecified atom stereocenters. The Balaban J connectivity index is 1.46. The highest BCUT2D eigenvalue weighted by atomic mass is 35.5. The van der Waals surface area contributed by atoms with Crippen LogP contribution in [-0.4, -0.2) is 51.0 Å². The Morgan fingerprint density at radius 3 is 2.70 bits per heavy atom. The van der Waals surface area contributed by atoms with Gasteiger partial charge < -0.3 is 14.7 Å². The van der Waals surface area contributed by atoms with Gasteiger partial charge in [-0.3, -0.25) is 4.79 Å². The van der Waals surface area contributed by atoms with E-state index in [9.17, 15) is 18.3 Å². The summed E-state index contributed by atoms with van der Waals surface area (Å²) >= 11 is 6.42. The average molecular weight is 641 g/mol.